The predicted octanol–water partition coefficient (Wildman–Crippen LogP) is 4.80. The molecule has 0 fully saturated rings. The lowest BCUT2D eigenvalue weighted by Gasteiger charge is -2.10. The van der Waals surface area contributed by atoms with Gasteiger partial charge in [-0.15, -0.1) is 10.2 Å². The van der Waals surface area contributed by atoms with Gasteiger partial charge in [-0.2, -0.15) is 5.10 Å². The third-order valence-electron chi connectivity index (χ3n) is 4.37. The van der Waals surface area contributed by atoms with Gasteiger partial charge in [0, 0.05) is 38.2 Å². The van der Waals surface area contributed by atoms with Gasteiger partial charge in [0.15, 0.2) is 11.0 Å². The Morgan fingerprint density at radius 2 is 1.79 bits per heavy atom. The van der Waals surface area contributed by atoms with Gasteiger partial charge in [0.25, 0.3) is 5.91 Å². The molecule has 0 aliphatic rings. The third kappa shape index (κ3) is 5.86. The molecule has 166 valence electrons. The van der Waals surface area contributed by atoms with E-state index >= 15 is 0 Å². The molecule has 0 radical (unpaired) electrons. The van der Waals surface area contributed by atoms with Gasteiger partial charge in [0.1, 0.15) is 5.75 Å². The van der Waals surface area contributed by atoms with Crippen molar-refractivity contribution < 1.29 is 9.90 Å². The number of hydrogen-bond acceptors (Lipinski definition) is 7. The molecule has 0 atom stereocenters. The molecule has 2 heterocycles. The average Bonchev–Trinajstić information content (AvgIpc) is 3.25. The molecule has 0 saturated carbocycles. The highest BCUT2D eigenvalue weighted by molar-refractivity contribution is 9.10. The maximum absolute atomic E-state index is 12.3. The van der Waals surface area contributed by atoms with Crippen LogP contribution in [0.1, 0.15) is 5.56 Å². The van der Waals surface area contributed by atoms with E-state index in [2.05, 4.69) is 57.6 Å². The van der Waals surface area contributed by atoms with Crippen LogP contribution in [0.25, 0.3) is 17.1 Å². The number of nitrogens with one attached hydrogen (secondary N) is 1. The Bertz CT molecular complexity index is 1300. The van der Waals surface area contributed by atoms with Crippen LogP contribution in [-0.4, -0.2) is 42.7 Å². The van der Waals surface area contributed by atoms with Gasteiger partial charge < -0.3 is 5.11 Å². The van der Waals surface area contributed by atoms with Crippen molar-refractivity contribution in [1.29, 1.82) is 0 Å². The Balaban J connectivity index is 1.50. The van der Waals surface area contributed by atoms with Crippen LogP contribution < -0.4 is 5.43 Å². The van der Waals surface area contributed by atoms with Crippen LogP contribution in [0.5, 0.6) is 5.75 Å². The summed E-state index contributed by atoms with van der Waals surface area (Å²) in [5.74, 6) is 0.469. The third-order valence-corrected chi connectivity index (χ3v) is 6.32. The van der Waals surface area contributed by atoms with Crippen molar-refractivity contribution in [2.24, 2.45) is 5.10 Å². The summed E-state index contributed by atoms with van der Waals surface area (Å²) in [5.41, 5.74) is 4.66. The molecule has 2 N–H and O–H groups in total. The zero-order valence-electron chi connectivity index (χ0n) is 16.9. The number of hydrogen-bond donors (Lipinski definition) is 2. The summed E-state index contributed by atoms with van der Waals surface area (Å²) >= 11 is 8.02. The number of aromatic nitrogens is 4. The first-order valence-corrected chi connectivity index (χ1v) is 12.1. The van der Waals surface area contributed by atoms with Crippen molar-refractivity contribution in [1.82, 2.24) is 25.2 Å². The second-order valence-corrected chi connectivity index (χ2v) is 9.41. The number of halogens is 2. The maximum Gasteiger partial charge on any atom is 0.250 e. The molecular weight excluding hydrogens is 572 g/mol. The van der Waals surface area contributed by atoms with Gasteiger partial charge in [-0.05, 0) is 54.6 Å². The first-order chi connectivity index (χ1) is 16.0. The number of aromatic hydroxyl groups is 1. The smallest absolute Gasteiger partial charge is 0.250 e. The summed E-state index contributed by atoms with van der Waals surface area (Å²) in [5, 5.41) is 23.0. The lowest BCUT2D eigenvalue weighted by Crippen LogP contribution is -2.20. The van der Waals surface area contributed by atoms with E-state index in [1.54, 1.807) is 30.6 Å². The molecule has 0 bridgehead atoms. The maximum atomic E-state index is 12.3. The standard InChI is InChI=1S/C22H16Br2N6O2S/c23-16-1-4-18(5-2-16)30-21(14-7-9-25-10-8-14)28-29-22(30)33-13-20(32)27-26-12-15-11-17(24)3-6-19(15)31/h1-12,31H,13H2,(H,27,32)/b26-12+. The fraction of sp³-hybridized carbons (Fsp3) is 0.0455. The Kier molecular flexibility index (Phi) is 7.53. The summed E-state index contributed by atoms with van der Waals surface area (Å²) in [6, 6.07) is 16.4. The molecule has 8 nitrogen and oxygen atoms in total. The summed E-state index contributed by atoms with van der Waals surface area (Å²) in [4.78, 5) is 16.4. The molecule has 11 heteroatoms. The first kappa shape index (κ1) is 23.1. The fourth-order valence-electron chi connectivity index (χ4n) is 2.84. The zero-order valence-corrected chi connectivity index (χ0v) is 20.9. The highest BCUT2D eigenvalue weighted by Gasteiger charge is 2.17. The van der Waals surface area contributed by atoms with Crippen molar-refractivity contribution in [3.05, 3.63) is 81.5 Å². The average molecular weight is 588 g/mol. The quantitative estimate of drug-likeness (QED) is 0.183. The summed E-state index contributed by atoms with van der Waals surface area (Å²) in [7, 11) is 0. The van der Waals surface area contributed by atoms with Crippen molar-refractivity contribution in [3.8, 4) is 22.8 Å². The predicted molar refractivity (Wildman–Crippen MR) is 135 cm³/mol. The SMILES string of the molecule is O=C(CSc1nnc(-c2ccncc2)n1-c1ccc(Br)cc1)N/N=C/c1cc(Br)ccc1O. The van der Waals surface area contributed by atoms with E-state index in [0.717, 1.165) is 20.2 Å². The molecule has 1 amide bonds. The molecule has 2 aromatic carbocycles. The summed E-state index contributed by atoms with van der Waals surface area (Å²) in [6.07, 6.45) is 4.77. The Hall–Kier alpha value is -3.02. The molecule has 33 heavy (non-hydrogen) atoms. The lowest BCUT2D eigenvalue weighted by atomic mass is 10.2. The second kappa shape index (κ2) is 10.7. The van der Waals surface area contributed by atoms with Crippen LogP contribution in [0.4, 0.5) is 0 Å². The number of rotatable bonds is 7. The topological polar surface area (TPSA) is 105 Å². The van der Waals surface area contributed by atoms with E-state index in [9.17, 15) is 9.90 Å². The minimum absolute atomic E-state index is 0.0665. The molecule has 0 spiro atoms. The van der Waals surface area contributed by atoms with Crippen LogP contribution in [0.15, 0.2) is 86.2 Å². The summed E-state index contributed by atoms with van der Waals surface area (Å²) < 4.78 is 3.64. The molecule has 4 rings (SSSR count). The van der Waals surface area contributed by atoms with Gasteiger partial charge >= 0.3 is 0 Å². The van der Waals surface area contributed by atoms with Crippen LogP contribution in [0, 0.1) is 0 Å². The molecule has 0 aliphatic heterocycles. The monoisotopic (exact) mass is 586 g/mol. The van der Waals surface area contributed by atoms with Crippen molar-refractivity contribution in [3.63, 3.8) is 0 Å². The minimum atomic E-state index is -0.318. The number of phenolic OH excluding ortho intramolecular Hbond substituents is 1. The number of hydrazone groups is 1. The lowest BCUT2D eigenvalue weighted by molar-refractivity contribution is -0.118. The second-order valence-electron chi connectivity index (χ2n) is 6.64. The van der Waals surface area contributed by atoms with Crippen molar-refractivity contribution >= 4 is 55.7 Å². The number of amides is 1. The summed E-state index contributed by atoms with van der Waals surface area (Å²) in [6.45, 7) is 0. The van der Waals surface area contributed by atoms with Crippen molar-refractivity contribution in [2.75, 3.05) is 5.75 Å². The Labute approximate surface area is 210 Å². The van der Waals surface area contributed by atoms with E-state index in [0.29, 0.717) is 16.5 Å². The van der Waals surface area contributed by atoms with Crippen LogP contribution in [0.2, 0.25) is 0 Å². The minimum Gasteiger partial charge on any atom is -0.507 e. The number of carbonyl (C=O) groups excluding carboxylic acids is 1. The number of carbonyl (C=O) groups is 1. The molecule has 0 saturated heterocycles. The van der Waals surface area contributed by atoms with Crippen LogP contribution in [0.3, 0.4) is 0 Å². The first-order valence-electron chi connectivity index (χ1n) is 9.56. The van der Waals surface area contributed by atoms with Crippen LogP contribution >= 0.6 is 43.6 Å². The highest BCUT2D eigenvalue weighted by Crippen LogP contribution is 2.28. The van der Waals surface area contributed by atoms with E-state index in [1.807, 2.05) is 41.0 Å². The molecule has 0 aliphatic carbocycles. The number of nitrogens with zero attached hydrogens (tertiary/aromatic N) is 5. The van der Waals surface area contributed by atoms with Gasteiger partial charge in [-0.3, -0.25) is 14.3 Å². The normalized spacial score (nSPS) is 11.1. The number of benzene rings is 2. The molecular formula is C22H16Br2N6O2S. The number of thioether (sulfide) groups is 1. The van der Waals surface area contributed by atoms with E-state index in [1.165, 1.54) is 18.0 Å². The zero-order chi connectivity index (χ0) is 23.2. The number of phenols is 1. The molecule has 0 unspecified atom stereocenters. The molecule has 4 aromatic rings. The number of pyridine rings is 1. The van der Waals surface area contributed by atoms with Crippen LogP contribution in [-0.2, 0) is 4.79 Å². The fourth-order valence-corrected chi connectivity index (χ4v) is 4.23. The van der Waals surface area contributed by atoms with Gasteiger partial charge in [-0.1, -0.05) is 43.6 Å². The Morgan fingerprint density at radius 3 is 2.55 bits per heavy atom. The Morgan fingerprint density at radius 1 is 1.06 bits per heavy atom. The van der Waals surface area contributed by atoms with Gasteiger partial charge in [0.2, 0.25) is 0 Å². The highest BCUT2D eigenvalue weighted by atomic mass is 79.9. The molecule has 2 aromatic heterocycles. The van der Waals surface area contributed by atoms with Gasteiger partial charge in [0.05, 0.1) is 12.0 Å². The van der Waals surface area contributed by atoms with E-state index < -0.39 is 0 Å². The van der Waals surface area contributed by atoms with E-state index in [4.69, 9.17) is 0 Å². The van der Waals surface area contributed by atoms with Crippen molar-refractivity contribution in [2.45, 2.75) is 5.16 Å². The van der Waals surface area contributed by atoms with E-state index in [-0.39, 0.29) is 17.4 Å². The largest absolute Gasteiger partial charge is 0.507 e. The van der Waals surface area contributed by atoms with Gasteiger partial charge in [-0.25, -0.2) is 5.43 Å².